The van der Waals surface area contributed by atoms with Crippen molar-refractivity contribution in [3.8, 4) is 5.75 Å². The number of rotatable bonds is 8. The molecule has 8 nitrogen and oxygen atoms in total. The molecule has 0 bridgehead atoms. The van der Waals surface area contributed by atoms with Crippen molar-refractivity contribution in [2.75, 3.05) is 18.0 Å². The Morgan fingerprint density at radius 1 is 0.947 bits per heavy atom. The summed E-state index contributed by atoms with van der Waals surface area (Å²) in [6.45, 7) is 0.313. The molecule has 0 saturated heterocycles. The van der Waals surface area contributed by atoms with Crippen molar-refractivity contribution >= 4 is 17.7 Å². The third-order valence-electron chi connectivity index (χ3n) is 5.73. The van der Waals surface area contributed by atoms with Crippen LogP contribution in [-0.2, 0) is 25.7 Å². The van der Waals surface area contributed by atoms with Crippen LogP contribution in [0.5, 0.6) is 5.75 Å². The van der Waals surface area contributed by atoms with Crippen molar-refractivity contribution in [3.05, 3.63) is 76.5 Å². The fraction of sp³-hybridized carbons (Fsp3) is 0.292. The molecule has 1 aliphatic heterocycles. The molecule has 1 aliphatic rings. The van der Waals surface area contributed by atoms with Gasteiger partial charge < -0.3 is 20.1 Å². The summed E-state index contributed by atoms with van der Waals surface area (Å²) in [5, 5.41) is 15.0. The van der Waals surface area contributed by atoms with Crippen LogP contribution in [0.2, 0.25) is 0 Å². The van der Waals surface area contributed by atoms with Crippen LogP contribution in [0.4, 0.5) is 32.2 Å². The first-order valence-corrected chi connectivity index (χ1v) is 11.2. The number of aromatic carboxylic acids is 1. The topological polar surface area (TPSA) is 96.7 Å². The fourth-order valence-corrected chi connectivity index (χ4v) is 4.05. The number of aromatic nitrogens is 2. The number of nitrogens with zero attached hydrogens (tertiary/aromatic N) is 3. The molecule has 0 radical (unpaired) electrons. The molecule has 2 heterocycles. The number of alkyl halides is 6. The summed E-state index contributed by atoms with van der Waals surface area (Å²) in [5.41, 5.74) is -0.751. The second-order valence-corrected chi connectivity index (χ2v) is 8.39. The van der Waals surface area contributed by atoms with Gasteiger partial charge in [0, 0.05) is 19.6 Å². The Morgan fingerprint density at radius 2 is 1.58 bits per heavy atom. The number of hydrogen-bond acceptors (Lipinski definition) is 5. The lowest BCUT2D eigenvalue weighted by molar-refractivity contribution is -0.274. The molecule has 1 amide bonds. The van der Waals surface area contributed by atoms with Gasteiger partial charge in [-0.2, -0.15) is 18.3 Å². The van der Waals surface area contributed by atoms with Gasteiger partial charge in [-0.05, 0) is 41.8 Å². The Bertz CT molecular complexity index is 1320. The highest BCUT2D eigenvalue weighted by Gasteiger charge is 2.44. The molecule has 0 saturated carbocycles. The third-order valence-corrected chi connectivity index (χ3v) is 5.73. The van der Waals surface area contributed by atoms with Crippen molar-refractivity contribution in [2.45, 2.75) is 32.0 Å². The zero-order valence-corrected chi connectivity index (χ0v) is 19.4. The summed E-state index contributed by atoms with van der Waals surface area (Å²) in [7, 11) is 0. The van der Waals surface area contributed by atoms with Crippen LogP contribution in [0.3, 0.4) is 0 Å². The van der Waals surface area contributed by atoms with E-state index in [1.54, 1.807) is 12.1 Å². The van der Waals surface area contributed by atoms with E-state index in [-0.39, 0.29) is 44.0 Å². The number of carboxylic acids is 1. The first kappa shape index (κ1) is 26.8. The van der Waals surface area contributed by atoms with Crippen molar-refractivity contribution in [1.82, 2.24) is 15.1 Å². The number of benzene rings is 2. The zero-order chi connectivity index (χ0) is 27.7. The molecule has 0 spiro atoms. The first-order valence-electron chi connectivity index (χ1n) is 11.2. The number of amides is 1. The third kappa shape index (κ3) is 6.18. The minimum Gasteiger partial charge on any atom is -0.478 e. The SMILES string of the molecule is O=C(O)c1ccc(CCNC(=O)c2c(C(F)(F)F)nn3c2N(Cc2ccc(OC(F)(F)F)cc2)CC3)cc1. The van der Waals surface area contributed by atoms with Gasteiger partial charge in [-0.1, -0.05) is 24.3 Å². The van der Waals surface area contributed by atoms with Crippen LogP contribution >= 0.6 is 0 Å². The predicted octanol–water partition coefficient (Wildman–Crippen LogP) is 4.49. The van der Waals surface area contributed by atoms with Crippen molar-refractivity contribution in [3.63, 3.8) is 0 Å². The van der Waals surface area contributed by atoms with E-state index in [2.05, 4.69) is 15.2 Å². The number of fused-ring (bicyclic) bond motifs is 1. The van der Waals surface area contributed by atoms with Gasteiger partial charge in [0.1, 0.15) is 17.1 Å². The Morgan fingerprint density at radius 3 is 2.16 bits per heavy atom. The van der Waals surface area contributed by atoms with Gasteiger partial charge in [-0.3, -0.25) is 4.79 Å². The average Bonchev–Trinajstić information content (AvgIpc) is 3.40. The normalized spacial score (nSPS) is 13.4. The Kier molecular flexibility index (Phi) is 7.24. The molecule has 0 unspecified atom stereocenters. The molecular weight excluding hydrogens is 522 g/mol. The number of halogens is 6. The number of nitrogens with one attached hydrogen (secondary N) is 1. The minimum absolute atomic E-state index is 0.0193. The van der Waals surface area contributed by atoms with Gasteiger partial charge >= 0.3 is 18.5 Å². The van der Waals surface area contributed by atoms with E-state index in [0.29, 0.717) is 11.1 Å². The summed E-state index contributed by atoms with van der Waals surface area (Å²) in [5.74, 6) is -2.57. The van der Waals surface area contributed by atoms with Gasteiger partial charge in [-0.25, -0.2) is 9.48 Å². The summed E-state index contributed by atoms with van der Waals surface area (Å²) in [6, 6.07) is 10.7. The summed E-state index contributed by atoms with van der Waals surface area (Å²) in [6.07, 6.45) is -9.52. The van der Waals surface area contributed by atoms with E-state index in [4.69, 9.17) is 5.11 Å². The summed E-state index contributed by atoms with van der Waals surface area (Å²) < 4.78 is 83.4. The standard InChI is InChI=1S/C24H20F6N4O4/c25-23(26,27)19-18(20(35)31-10-9-14-1-5-16(6-2-14)22(36)37)21-33(11-12-34(21)32-19)13-15-3-7-17(8-4-15)38-24(28,29)30/h1-8H,9-13H2,(H,31,35)(H,36,37). The lowest BCUT2D eigenvalue weighted by Crippen LogP contribution is -2.30. The van der Waals surface area contributed by atoms with Gasteiger partial charge in [0.25, 0.3) is 5.91 Å². The summed E-state index contributed by atoms with van der Waals surface area (Å²) >= 11 is 0. The van der Waals surface area contributed by atoms with Crippen molar-refractivity contribution in [1.29, 1.82) is 0 Å². The van der Waals surface area contributed by atoms with Crippen LogP contribution in [0, 0.1) is 0 Å². The molecule has 2 aromatic carbocycles. The van der Waals surface area contributed by atoms with E-state index in [0.717, 1.165) is 16.8 Å². The molecule has 4 rings (SSSR count). The average molecular weight is 542 g/mol. The van der Waals surface area contributed by atoms with Crippen LogP contribution in [0.25, 0.3) is 0 Å². The zero-order valence-electron chi connectivity index (χ0n) is 19.4. The molecular formula is C24H20F6N4O4. The maximum atomic E-state index is 13.8. The highest BCUT2D eigenvalue weighted by atomic mass is 19.4. The van der Waals surface area contributed by atoms with E-state index >= 15 is 0 Å². The fourth-order valence-electron chi connectivity index (χ4n) is 4.05. The lowest BCUT2D eigenvalue weighted by atomic mass is 10.1. The van der Waals surface area contributed by atoms with Gasteiger partial charge in [-0.15, -0.1) is 13.2 Å². The Labute approximate surface area is 211 Å². The van der Waals surface area contributed by atoms with E-state index in [1.165, 1.54) is 29.2 Å². The largest absolute Gasteiger partial charge is 0.573 e. The molecule has 14 heteroatoms. The smallest absolute Gasteiger partial charge is 0.478 e. The van der Waals surface area contributed by atoms with Crippen LogP contribution in [0.15, 0.2) is 48.5 Å². The molecule has 3 aromatic rings. The van der Waals surface area contributed by atoms with Crippen LogP contribution < -0.4 is 15.0 Å². The van der Waals surface area contributed by atoms with E-state index < -0.39 is 41.4 Å². The minimum atomic E-state index is -4.90. The number of carbonyl (C=O) groups excluding carboxylic acids is 1. The molecule has 2 N–H and O–H groups in total. The van der Waals surface area contributed by atoms with E-state index in [1.807, 2.05) is 0 Å². The number of hydrogen-bond donors (Lipinski definition) is 2. The number of carboxylic acid groups (broad SMARTS) is 1. The second kappa shape index (κ2) is 10.3. The predicted molar refractivity (Wildman–Crippen MR) is 121 cm³/mol. The number of anilines is 1. The molecule has 1 aromatic heterocycles. The number of carbonyl (C=O) groups is 2. The van der Waals surface area contributed by atoms with Crippen molar-refractivity contribution in [2.24, 2.45) is 0 Å². The Balaban J connectivity index is 1.51. The maximum absolute atomic E-state index is 13.8. The van der Waals surface area contributed by atoms with Crippen LogP contribution in [-0.4, -0.2) is 46.2 Å². The quantitative estimate of drug-likeness (QED) is 0.408. The molecule has 38 heavy (non-hydrogen) atoms. The lowest BCUT2D eigenvalue weighted by Gasteiger charge is -2.20. The Hall–Kier alpha value is -4.23. The monoisotopic (exact) mass is 542 g/mol. The second-order valence-electron chi connectivity index (χ2n) is 8.39. The highest BCUT2D eigenvalue weighted by molar-refractivity contribution is 6.00. The van der Waals surface area contributed by atoms with Crippen LogP contribution in [0.1, 0.15) is 37.5 Å². The molecule has 0 aliphatic carbocycles. The highest BCUT2D eigenvalue weighted by Crippen LogP contribution is 2.38. The number of ether oxygens (including phenoxy) is 1. The molecule has 0 fully saturated rings. The van der Waals surface area contributed by atoms with Crippen molar-refractivity contribution < 1.29 is 45.8 Å². The van der Waals surface area contributed by atoms with Gasteiger partial charge in [0.05, 0.1) is 12.1 Å². The molecule has 0 atom stereocenters. The van der Waals surface area contributed by atoms with Gasteiger partial charge in [0.15, 0.2) is 5.69 Å². The van der Waals surface area contributed by atoms with Gasteiger partial charge in [0.2, 0.25) is 0 Å². The summed E-state index contributed by atoms with van der Waals surface area (Å²) in [4.78, 5) is 25.4. The maximum Gasteiger partial charge on any atom is 0.573 e. The first-order chi connectivity index (χ1) is 17.8. The molecule has 202 valence electrons. The van der Waals surface area contributed by atoms with E-state index in [9.17, 15) is 35.9 Å².